The standard InChI is InChI=1S/C15H28O4/c1-5-14(6-2)16-10-12(18-14)9-13-11-17-15(7-3,8-4)19-13/h12-13H,5-11H2,1-4H3/t12-,13-/m0/s1. The first-order valence-electron chi connectivity index (χ1n) is 7.74. The van der Waals surface area contributed by atoms with Crippen LogP contribution >= 0.6 is 0 Å². The lowest BCUT2D eigenvalue weighted by molar-refractivity contribution is -0.184. The molecular weight excluding hydrogens is 244 g/mol. The van der Waals surface area contributed by atoms with Gasteiger partial charge in [0.1, 0.15) is 0 Å². The summed E-state index contributed by atoms with van der Waals surface area (Å²) < 4.78 is 23.9. The van der Waals surface area contributed by atoms with Crippen LogP contribution in [0.4, 0.5) is 0 Å². The van der Waals surface area contributed by atoms with Gasteiger partial charge in [-0.05, 0) is 25.7 Å². The Morgan fingerprint density at radius 2 is 1.11 bits per heavy atom. The minimum absolute atomic E-state index is 0.137. The van der Waals surface area contributed by atoms with E-state index in [0.29, 0.717) is 13.2 Å². The molecule has 0 aliphatic carbocycles. The average Bonchev–Trinajstić information content (AvgIpc) is 3.05. The maximum Gasteiger partial charge on any atom is 0.168 e. The van der Waals surface area contributed by atoms with E-state index in [1.807, 2.05) is 0 Å². The zero-order valence-corrected chi connectivity index (χ0v) is 12.7. The molecule has 4 nitrogen and oxygen atoms in total. The lowest BCUT2D eigenvalue weighted by Crippen LogP contribution is -2.31. The Bertz CT molecular complexity index is 256. The number of ether oxygens (including phenoxy) is 4. The SMILES string of the molecule is CCC1(CC)OC[C@H](C[C@H]2COC(CC)(CC)O2)O1. The van der Waals surface area contributed by atoms with E-state index in [9.17, 15) is 0 Å². The second-order valence-electron chi connectivity index (χ2n) is 5.57. The van der Waals surface area contributed by atoms with Gasteiger partial charge in [-0.3, -0.25) is 0 Å². The second kappa shape index (κ2) is 6.08. The maximum absolute atomic E-state index is 6.09. The van der Waals surface area contributed by atoms with Crippen molar-refractivity contribution in [3.05, 3.63) is 0 Å². The summed E-state index contributed by atoms with van der Waals surface area (Å²) in [5.74, 6) is -0.729. The van der Waals surface area contributed by atoms with Crippen molar-refractivity contribution in [2.45, 2.75) is 83.6 Å². The van der Waals surface area contributed by atoms with Gasteiger partial charge in [-0.15, -0.1) is 0 Å². The van der Waals surface area contributed by atoms with Crippen LogP contribution in [-0.4, -0.2) is 37.0 Å². The summed E-state index contributed by atoms with van der Waals surface area (Å²) >= 11 is 0. The molecule has 2 atom stereocenters. The third kappa shape index (κ3) is 3.13. The lowest BCUT2D eigenvalue weighted by Gasteiger charge is -2.26. The highest BCUT2D eigenvalue weighted by Gasteiger charge is 2.43. The fraction of sp³-hybridized carbons (Fsp3) is 1.00. The number of hydrogen-bond acceptors (Lipinski definition) is 4. The molecule has 0 unspecified atom stereocenters. The van der Waals surface area contributed by atoms with Gasteiger partial charge >= 0.3 is 0 Å². The van der Waals surface area contributed by atoms with Gasteiger partial charge in [0.25, 0.3) is 0 Å². The molecule has 0 aromatic carbocycles. The van der Waals surface area contributed by atoms with Crippen molar-refractivity contribution in [1.82, 2.24) is 0 Å². The van der Waals surface area contributed by atoms with Crippen LogP contribution in [0.25, 0.3) is 0 Å². The molecule has 0 spiro atoms. The summed E-state index contributed by atoms with van der Waals surface area (Å²) in [5.41, 5.74) is 0. The van der Waals surface area contributed by atoms with Crippen LogP contribution in [0.3, 0.4) is 0 Å². The molecule has 0 aromatic heterocycles. The Kier molecular flexibility index (Phi) is 4.88. The third-order valence-corrected chi connectivity index (χ3v) is 4.51. The summed E-state index contributed by atoms with van der Waals surface area (Å²) in [4.78, 5) is 0. The van der Waals surface area contributed by atoms with E-state index in [1.165, 1.54) is 0 Å². The van der Waals surface area contributed by atoms with Crippen molar-refractivity contribution >= 4 is 0 Å². The molecule has 2 saturated heterocycles. The Morgan fingerprint density at radius 1 is 0.737 bits per heavy atom. The molecule has 0 saturated carbocycles. The van der Waals surface area contributed by atoms with Crippen molar-refractivity contribution in [2.75, 3.05) is 13.2 Å². The van der Waals surface area contributed by atoms with Gasteiger partial charge in [0, 0.05) is 6.42 Å². The minimum atomic E-state index is -0.364. The van der Waals surface area contributed by atoms with Crippen LogP contribution in [0, 0.1) is 0 Å². The summed E-state index contributed by atoms with van der Waals surface area (Å²) in [6.07, 6.45) is 4.73. The summed E-state index contributed by atoms with van der Waals surface area (Å²) in [6.45, 7) is 9.79. The van der Waals surface area contributed by atoms with E-state index >= 15 is 0 Å². The topological polar surface area (TPSA) is 36.9 Å². The molecule has 0 amide bonds. The highest BCUT2D eigenvalue weighted by molar-refractivity contribution is 4.83. The first-order valence-corrected chi connectivity index (χ1v) is 7.74. The van der Waals surface area contributed by atoms with E-state index in [2.05, 4.69) is 27.7 Å². The van der Waals surface area contributed by atoms with E-state index in [-0.39, 0.29) is 23.8 Å². The van der Waals surface area contributed by atoms with Crippen molar-refractivity contribution in [3.63, 3.8) is 0 Å². The molecule has 2 aliphatic heterocycles. The first-order chi connectivity index (χ1) is 9.11. The van der Waals surface area contributed by atoms with Gasteiger partial charge in [-0.1, -0.05) is 27.7 Å². The number of rotatable bonds is 6. The molecule has 0 N–H and O–H groups in total. The van der Waals surface area contributed by atoms with Gasteiger partial charge in [0.2, 0.25) is 0 Å². The molecule has 0 radical (unpaired) electrons. The highest BCUT2D eigenvalue weighted by atomic mass is 16.8. The minimum Gasteiger partial charge on any atom is -0.347 e. The van der Waals surface area contributed by atoms with Gasteiger partial charge in [0.15, 0.2) is 11.6 Å². The van der Waals surface area contributed by atoms with Gasteiger partial charge in [-0.2, -0.15) is 0 Å². The van der Waals surface area contributed by atoms with Crippen LogP contribution in [0.5, 0.6) is 0 Å². The van der Waals surface area contributed by atoms with Crippen LogP contribution in [-0.2, 0) is 18.9 Å². The predicted octanol–water partition coefficient (Wildman–Crippen LogP) is 3.24. The van der Waals surface area contributed by atoms with Gasteiger partial charge in [-0.25, -0.2) is 0 Å². The Hall–Kier alpha value is -0.160. The quantitative estimate of drug-likeness (QED) is 0.744. The Morgan fingerprint density at radius 3 is 1.37 bits per heavy atom. The van der Waals surface area contributed by atoms with Crippen molar-refractivity contribution in [1.29, 1.82) is 0 Å². The molecule has 2 aliphatic rings. The van der Waals surface area contributed by atoms with Crippen molar-refractivity contribution in [3.8, 4) is 0 Å². The zero-order chi connectivity index (χ0) is 13.9. The summed E-state index contributed by atoms with van der Waals surface area (Å²) in [6, 6.07) is 0. The molecule has 2 rings (SSSR count). The highest BCUT2D eigenvalue weighted by Crippen LogP contribution is 2.36. The number of hydrogen-bond donors (Lipinski definition) is 0. The van der Waals surface area contributed by atoms with E-state index in [1.54, 1.807) is 0 Å². The fourth-order valence-electron chi connectivity index (χ4n) is 3.00. The van der Waals surface area contributed by atoms with Crippen LogP contribution in [0.15, 0.2) is 0 Å². The molecular formula is C15H28O4. The second-order valence-corrected chi connectivity index (χ2v) is 5.57. The maximum atomic E-state index is 6.09. The van der Waals surface area contributed by atoms with Gasteiger partial charge < -0.3 is 18.9 Å². The molecule has 0 aromatic rings. The van der Waals surface area contributed by atoms with Crippen molar-refractivity contribution in [2.24, 2.45) is 0 Å². The van der Waals surface area contributed by atoms with Crippen molar-refractivity contribution < 1.29 is 18.9 Å². The molecule has 19 heavy (non-hydrogen) atoms. The van der Waals surface area contributed by atoms with E-state index < -0.39 is 0 Å². The lowest BCUT2D eigenvalue weighted by atomic mass is 10.1. The average molecular weight is 272 g/mol. The zero-order valence-electron chi connectivity index (χ0n) is 12.7. The monoisotopic (exact) mass is 272 g/mol. The smallest absolute Gasteiger partial charge is 0.168 e. The third-order valence-electron chi connectivity index (χ3n) is 4.51. The Labute approximate surface area is 116 Å². The predicted molar refractivity (Wildman–Crippen MR) is 72.9 cm³/mol. The largest absolute Gasteiger partial charge is 0.347 e. The van der Waals surface area contributed by atoms with Crippen LogP contribution in [0.2, 0.25) is 0 Å². The van der Waals surface area contributed by atoms with Gasteiger partial charge in [0.05, 0.1) is 25.4 Å². The summed E-state index contributed by atoms with van der Waals surface area (Å²) in [7, 11) is 0. The molecule has 112 valence electrons. The van der Waals surface area contributed by atoms with E-state index in [0.717, 1.165) is 32.1 Å². The first kappa shape index (κ1) is 15.2. The molecule has 2 fully saturated rings. The molecule has 2 heterocycles. The fourth-order valence-corrected chi connectivity index (χ4v) is 3.00. The van der Waals surface area contributed by atoms with Crippen LogP contribution in [0.1, 0.15) is 59.8 Å². The van der Waals surface area contributed by atoms with E-state index in [4.69, 9.17) is 18.9 Å². The summed E-state index contributed by atoms with van der Waals surface area (Å²) in [5, 5.41) is 0. The molecule has 4 heteroatoms. The Balaban J connectivity index is 1.84. The molecule has 0 bridgehead atoms. The van der Waals surface area contributed by atoms with Crippen LogP contribution < -0.4 is 0 Å². The normalized spacial score (nSPS) is 32.8.